The maximum Gasteiger partial charge on any atom is 0.416 e. The number of benzene rings is 1. The van der Waals surface area contributed by atoms with Gasteiger partial charge in [0.15, 0.2) is 0 Å². The van der Waals surface area contributed by atoms with Crippen molar-refractivity contribution in [1.82, 2.24) is 19.8 Å². The highest BCUT2D eigenvalue weighted by Crippen LogP contribution is 2.39. The average Bonchev–Trinajstić information content (AvgIpc) is 3.39. The number of morpholine rings is 1. The summed E-state index contributed by atoms with van der Waals surface area (Å²) in [6.07, 6.45) is -2.04. The van der Waals surface area contributed by atoms with E-state index in [4.69, 9.17) is 21.3 Å². The van der Waals surface area contributed by atoms with Crippen molar-refractivity contribution in [1.29, 1.82) is 0 Å². The molecule has 1 aromatic carbocycles. The smallest absolute Gasteiger partial charge is 0.378 e. The SMILES string of the molecule is O=C(N1CCOCC1)N1CC(c2ccc(C(F)(F)F)cc2)CC(c2nc(-c3ccc(Cl)nc3)cs2)C1. The number of amides is 2. The summed E-state index contributed by atoms with van der Waals surface area (Å²) in [5.41, 5.74) is 1.73. The number of pyridine rings is 1. The van der Waals surface area contributed by atoms with Crippen LogP contribution in [-0.4, -0.2) is 65.2 Å². The van der Waals surface area contributed by atoms with E-state index in [0.29, 0.717) is 51.0 Å². The number of hydrogen-bond acceptors (Lipinski definition) is 5. The topological polar surface area (TPSA) is 58.6 Å². The summed E-state index contributed by atoms with van der Waals surface area (Å²) in [6.45, 7) is 2.98. The third-order valence-electron chi connectivity index (χ3n) is 6.61. The van der Waals surface area contributed by atoms with Crippen LogP contribution in [0.1, 0.15) is 34.4 Å². The molecule has 5 rings (SSSR count). The van der Waals surface area contributed by atoms with Gasteiger partial charge in [-0.2, -0.15) is 13.2 Å². The first-order chi connectivity index (χ1) is 17.3. The van der Waals surface area contributed by atoms with Crippen molar-refractivity contribution in [2.24, 2.45) is 0 Å². The molecule has 2 saturated heterocycles. The highest BCUT2D eigenvalue weighted by atomic mass is 35.5. The Balaban J connectivity index is 1.41. The number of hydrogen-bond donors (Lipinski definition) is 0. The molecule has 2 atom stereocenters. The predicted molar refractivity (Wildman–Crippen MR) is 131 cm³/mol. The third kappa shape index (κ3) is 5.50. The van der Waals surface area contributed by atoms with Crippen LogP contribution in [0.4, 0.5) is 18.0 Å². The standard InChI is InChI=1S/C25H24ClF3N4O2S/c26-22-6-3-17(12-30-22)21-15-36-23(31-21)19-11-18(16-1-4-20(5-2-16)25(27,28)29)13-33(14-19)24(34)32-7-9-35-10-8-32/h1-6,12,15,18-19H,7-11,13-14H2. The Morgan fingerprint density at radius 3 is 2.42 bits per heavy atom. The Morgan fingerprint density at radius 1 is 1.03 bits per heavy atom. The van der Waals surface area contributed by atoms with Gasteiger partial charge in [0.2, 0.25) is 0 Å². The van der Waals surface area contributed by atoms with E-state index in [1.165, 1.54) is 23.5 Å². The molecule has 2 aromatic heterocycles. The van der Waals surface area contributed by atoms with Gasteiger partial charge in [-0.25, -0.2) is 14.8 Å². The zero-order valence-corrected chi connectivity index (χ0v) is 20.8. The van der Waals surface area contributed by atoms with Crippen LogP contribution in [0.25, 0.3) is 11.3 Å². The van der Waals surface area contributed by atoms with Crippen LogP contribution in [-0.2, 0) is 10.9 Å². The van der Waals surface area contributed by atoms with Crippen LogP contribution in [0.5, 0.6) is 0 Å². The first kappa shape index (κ1) is 25.0. The number of halogens is 4. The lowest BCUT2D eigenvalue weighted by Gasteiger charge is -2.40. The number of carbonyl (C=O) groups is 1. The van der Waals surface area contributed by atoms with Crippen molar-refractivity contribution in [2.75, 3.05) is 39.4 Å². The first-order valence-electron chi connectivity index (χ1n) is 11.6. The molecule has 190 valence electrons. The molecule has 2 aliphatic rings. The van der Waals surface area contributed by atoms with Crippen LogP contribution in [0.2, 0.25) is 5.15 Å². The minimum atomic E-state index is -4.39. The van der Waals surface area contributed by atoms with Gasteiger partial charge >= 0.3 is 12.2 Å². The summed E-state index contributed by atoms with van der Waals surface area (Å²) in [5, 5.41) is 3.24. The fraction of sp³-hybridized carbons (Fsp3) is 0.400. The summed E-state index contributed by atoms with van der Waals surface area (Å²) >= 11 is 7.42. The number of rotatable bonds is 3. The molecule has 0 saturated carbocycles. The molecule has 2 unspecified atom stereocenters. The van der Waals surface area contributed by atoms with Gasteiger partial charge < -0.3 is 14.5 Å². The predicted octanol–water partition coefficient (Wildman–Crippen LogP) is 5.90. The molecular weight excluding hydrogens is 513 g/mol. The lowest BCUT2D eigenvalue weighted by Crippen LogP contribution is -2.52. The van der Waals surface area contributed by atoms with E-state index in [1.54, 1.807) is 17.2 Å². The third-order valence-corrected chi connectivity index (χ3v) is 7.84. The van der Waals surface area contributed by atoms with Gasteiger partial charge in [-0.05, 0) is 36.2 Å². The normalized spacial score (nSPS) is 21.0. The lowest BCUT2D eigenvalue weighted by molar-refractivity contribution is -0.137. The highest BCUT2D eigenvalue weighted by molar-refractivity contribution is 7.10. The van der Waals surface area contributed by atoms with Gasteiger partial charge in [-0.15, -0.1) is 11.3 Å². The van der Waals surface area contributed by atoms with Crippen molar-refractivity contribution in [3.63, 3.8) is 0 Å². The molecule has 2 fully saturated rings. The number of urea groups is 1. The number of thiazole rings is 1. The van der Waals surface area contributed by atoms with Gasteiger partial charge in [0.05, 0.1) is 29.5 Å². The fourth-order valence-corrected chi connectivity index (χ4v) is 5.76. The minimum absolute atomic E-state index is 0.0463. The van der Waals surface area contributed by atoms with Crippen LogP contribution in [0.15, 0.2) is 48.0 Å². The van der Waals surface area contributed by atoms with Gasteiger partial charge in [-0.3, -0.25) is 0 Å². The van der Waals surface area contributed by atoms with Crippen molar-refractivity contribution in [2.45, 2.75) is 24.4 Å². The lowest BCUT2D eigenvalue weighted by atomic mass is 9.84. The summed E-state index contributed by atoms with van der Waals surface area (Å²) < 4.78 is 44.7. The molecule has 0 radical (unpaired) electrons. The Bertz CT molecular complexity index is 1200. The zero-order chi connectivity index (χ0) is 25.3. The second-order valence-corrected chi connectivity index (χ2v) is 10.3. The molecule has 6 nitrogen and oxygen atoms in total. The molecule has 0 bridgehead atoms. The summed E-state index contributed by atoms with van der Waals surface area (Å²) in [4.78, 5) is 25.9. The molecule has 2 amide bonds. The maximum absolute atomic E-state index is 13.4. The van der Waals surface area contributed by atoms with Gasteiger partial charge in [0.1, 0.15) is 5.15 Å². The van der Waals surface area contributed by atoms with E-state index in [0.717, 1.165) is 34.0 Å². The first-order valence-corrected chi connectivity index (χ1v) is 12.9. The quantitative estimate of drug-likeness (QED) is 0.391. The highest BCUT2D eigenvalue weighted by Gasteiger charge is 2.36. The number of nitrogens with zero attached hydrogens (tertiary/aromatic N) is 4. The number of alkyl halides is 3. The van der Waals surface area contributed by atoms with Crippen molar-refractivity contribution in [3.05, 3.63) is 69.3 Å². The van der Waals surface area contributed by atoms with E-state index in [9.17, 15) is 18.0 Å². The van der Waals surface area contributed by atoms with Gasteiger partial charge in [0.25, 0.3) is 0 Å². The number of piperidine rings is 1. The number of likely N-dealkylation sites (tertiary alicyclic amines) is 1. The molecule has 0 N–H and O–H groups in total. The molecule has 11 heteroatoms. The van der Waals surface area contributed by atoms with Gasteiger partial charge in [-0.1, -0.05) is 23.7 Å². The molecular formula is C25H24ClF3N4O2S. The minimum Gasteiger partial charge on any atom is -0.378 e. The molecule has 0 spiro atoms. The monoisotopic (exact) mass is 536 g/mol. The number of ether oxygens (including phenoxy) is 1. The van der Waals surface area contributed by atoms with Crippen molar-refractivity contribution < 1.29 is 22.7 Å². The van der Waals surface area contributed by atoms with Crippen LogP contribution >= 0.6 is 22.9 Å². The zero-order valence-electron chi connectivity index (χ0n) is 19.2. The largest absolute Gasteiger partial charge is 0.416 e. The van der Waals surface area contributed by atoms with Gasteiger partial charge in [0, 0.05) is 55.2 Å². The Morgan fingerprint density at radius 2 is 1.75 bits per heavy atom. The van der Waals surface area contributed by atoms with E-state index < -0.39 is 11.7 Å². The van der Waals surface area contributed by atoms with E-state index in [1.807, 2.05) is 16.3 Å². The van der Waals surface area contributed by atoms with Crippen LogP contribution < -0.4 is 0 Å². The Kier molecular flexibility index (Phi) is 7.18. The number of carbonyl (C=O) groups excluding carboxylic acids is 1. The molecule has 0 aliphatic carbocycles. The fourth-order valence-electron chi connectivity index (χ4n) is 4.71. The van der Waals surface area contributed by atoms with E-state index >= 15 is 0 Å². The second kappa shape index (κ2) is 10.4. The molecule has 2 aliphatic heterocycles. The maximum atomic E-state index is 13.4. The van der Waals surface area contributed by atoms with Crippen molar-refractivity contribution in [3.8, 4) is 11.3 Å². The Hall–Kier alpha value is -2.69. The van der Waals surface area contributed by atoms with Crippen LogP contribution in [0.3, 0.4) is 0 Å². The van der Waals surface area contributed by atoms with Crippen molar-refractivity contribution >= 4 is 29.0 Å². The molecule has 3 aromatic rings. The summed E-state index contributed by atoms with van der Waals surface area (Å²) in [5.74, 6) is -0.157. The summed E-state index contributed by atoms with van der Waals surface area (Å²) in [6, 6.07) is 8.77. The number of aromatic nitrogens is 2. The average molecular weight is 537 g/mol. The molecule has 4 heterocycles. The van der Waals surface area contributed by atoms with Crippen LogP contribution in [0, 0.1) is 0 Å². The Labute approximate surface area is 215 Å². The van der Waals surface area contributed by atoms with E-state index in [-0.39, 0.29) is 17.9 Å². The van der Waals surface area contributed by atoms with E-state index in [2.05, 4.69) is 4.98 Å². The summed E-state index contributed by atoms with van der Waals surface area (Å²) in [7, 11) is 0. The second-order valence-electron chi connectivity index (χ2n) is 8.98. The molecule has 36 heavy (non-hydrogen) atoms.